The van der Waals surface area contributed by atoms with Gasteiger partial charge in [-0.05, 0) is 110 Å². The Hall–Kier alpha value is -6.69. The van der Waals surface area contributed by atoms with Gasteiger partial charge >= 0.3 is 0 Å². The molecule has 2 aliphatic heterocycles. The first kappa shape index (κ1) is 53.6. The summed E-state index contributed by atoms with van der Waals surface area (Å²) in [7, 11) is 3.51. The van der Waals surface area contributed by atoms with Crippen LogP contribution in [0.15, 0.2) is 90.4 Å². The average Bonchev–Trinajstić information content (AvgIpc) is 4.11. The topological polar surface area (TPSA) is 198 Å². The van der Waals surface area contributed by atoms with Crippen LogP contribution in [0.25, 0.3) is 10.4 Å². The molecular weight excluding hydrogens is 955 g/mol. The van der Waals surface area contributed by atoms with E-state index in [0.717, 1.165) is 65.2 Å². The number of fused-ring (bicyclic) bond motifs is 2. The normalized spacial score (nSPS) is 17.9. The summed E-state index contributed by atoms with van der Waals surface area (Å²) in [6.07, 6.45) is 3.54. The van der Waals surface area contributed by atoms with Crippen LogP contribution in [0.3, 0.4) is 0 Å². The smallest absolute Gasteiger partial charge is 0.268 e. The van der Waals surface area contributed by atoms with E-state index in [0.29, 0.717) is 42.9 Å². The number of amides is 6. The second kappa shape index (κ2) is 22.8. The highest BCUT2D eigenvalue weighted by atomic mass is 32.1. The molecule has 392 valence electrons. The van der Waals surface area contributed by atoms with Crippen LogP contribution in [0.2, 0.25) is 0 Å². The van der Waals surface area contributed by atoms with Gasteiger partial charge in [-0.15, -0.1) is 11.3 Å². The summed E-state index contributed by atoms with van der Waals surface area (Å²) in [6.45, 7) is 12.0. The summed E-state index contributed by atoms with van der Waals surface area (Å²) < 4.78 is 2.17. The number of thiazole rings is 1. The number of benzene rings is 3. The maximum Gasteiger partial charge on any atom is 0.268 e. The molecule has 3 aliphatic rings. The van der Waals surface area contributed by atoms with Crippen LogP contribution in [-0.2, 0) is 44.4 Å². The number of carbonyl (C=O) groups is 6. The zero-order valence-corrected chi connectivity index (χ0v) is 44.5. The zero-order chi connectivity index (χ0) is 52.9. The van der Waals surface area contributed by atoms with Crippen LogP contribution in [0.5, 0.6) is 0 Å². The highest BCUT2D eigenvalue weighted by Gasteiger charge is 2.49. The first-order chi connectivity index (χ1) is 35.3. The Morgan fingerprint density at radius 3 is 2.15 bits per heavy atom. The van der Waals surface area contributed by atoms with Crippen LogP contribution in [0.1, 0.15) is 134 Å². The first-order valence-corrected chi connectivity index (χ1v) is 26.7. The molecule has 8 rings (SSSR count). The van der Waals surface area contributed by atoms with Crippen LogP contribution in [0.4, 0.5) is 5.69 Å². The van der Waals surface area contributed by atoms with E-state index < -0.39 is 29.5 Å². The molecule has 6 amide bonds. The second-order valence-electron chi connectivity index (χ2n) is 21.5. The number of hydrogen-bond donors (Lipinski definition) is 5. The monoisotopic (exact) mass is 1030 g/mol. The molecule has 5 aromatic rings. The number of nitrogens with one attached hydrogen (secondary N) is 4. The minimum Gasteiger partial charge on any atom is -0.391 e. The molecule has 0 unspecified atom stereocenters. The average molecular weight is 1030 g/mol. The molecule has 4 heterocycles. The van der Waals surface area contributed by atoms with Gasteiger partial charge in [0.15, 0.2) is 0 Å². The molecule has 4 atom stereocenters. The minimum atomic E-state index is -0.953. The molecule has 16 nitrogen and oxygen atoms in total. The highest BCUT2D eigenvalue weighted by Crippen LogP contribution is 2.49. The van der Waals surface area contributed by atoms with E-state index in [2.05, 4.69) is 41.8 Å². The Kier molecular flexibility index (Phi) is 16.5. The van der Waals surface area contributed by atoms with Crippen LogP contribution < -0.4 is 21.3 Å². The summed E-state index contributed by atoms with van der Waals surface area (Å²) in [4.78, 5) is 91.0. The Morgan fingerprint density at radius 1 is 0.851 bits per heavy atom. The Balaban J connectivity index is 0.762. The van der Waals surface area contributed by atoms with Crippen molar-refractivity contribution >= 4 is 52.5 Å². The van der Waals surface area contributed by atoms with Gasteiger partial charge in [0.1, 0.15) is 17.8 Å². The maximum atomic E-state index is 14.1. The van der Waals surface area contributed by atoms with Crippen LogP contribution in [0, 0.1) is 12.3 Å². The SMILES string of the molecule is Cc1ncsc1-c1ccc([C@H](C)NC(=O)[C@@H]2C[C@@H](O)CN2C(=O)[C@@H](NC(=O)CCCCC(=O)Nc2ccc(CNC(=O)c3ccc4n3CCN(Cc3ccc(C(=O)N(C)C)cc3)C43CCC3)cc2)C(C)(C)C)cc1. The summed E-state index contributed by atoms with van der Waals surface area (Å²) in [5.74, 6) is -1.50. The summed E-state index contributed by atoms with van der Waals surface area (Å²) in [6, 6.07) is 25.0. The zero-order valence-electron chi connectivity index (χ0n) is 43.7. The van der Waals surface area contributed by atoms with Crippen molar-refractivity contribution in [3.63, 3.8) is 0 Å². The van der Waals surface area contributed by atoms with Crippen molar-refractivity contribution in [2.45, 2.75) is 135 Å². The van der Waals surface area contributed by atoms with Gasteiger partial charge < -0.3 is 40.7 Å². The van der Waals surface area contributed by atoms with Gasteiger partial charge in [-0.3, -0.25) is 33.7 Å². The third-order valence-electron chi connectivity index (χ3n) is 14.9. The van der Waals surface area contributed by atoms with Gasteiger partial charge in [0.2, 0.25) is 23.6 Å². The van der Waals surface area contributed by atoms with Crippen molar-refractivity contribution in [2.75, 3.05) is 32.5 Å². The van der Waals surface area contributed by atoms with Crippen LogP contribution in [-0.4, -0.2) is 110 Å². The Labute approximate surface area is 438 Å². The number of anilines is 1. The van der Waals surface area contributed by atoms with E-state index >= 15 is 0 Å². The van der Waals surface area contributed by atoms with Crippen molar-refractivity contribution in [1.82, 2.24) is 40.2 Å². The Bertz CT molecular complexity index is 2830. The van der Waals surface area contributed by atoms with Gasteiger partial charge in [0.25, 0.3) is 11.8 Å². The predicted octanol–water partition coefficient (Wildman–Crippen LogP) is 7.32. The third-order valence-corrected chi connectivity index (χ3v) is 15.8. The lowest BCUT2D eigenvalue weighted by molar-refractivity contribution is -0.144. The van der Waals surface area contributed by atoms with E-state index in [9.17, 15) is 33.9 Å². The molecule has 0 radical (unpaired) electrons. The standard InChI is InChI=1S/C57H71N9O7S/c1-36(40-19-21-41(22-20-40)50-37(2)59-35-74-50)60-53(71)46-31-44(67)34-66(46)55(73)51(56(3,4)5)62-49(69)12-9-8-11-48(68)61-43-23-15-38(16-24-43)32-58-52(70)45-25-26-47-57(27-10-28-57)64(29-30-65(45)47)33-39-13-17-42(18-14-39)54(72)63(6)7/h13-26,35-36,44,46,51,67H,8-12,27-34H2,1-7H3,(H,58,70)(H,60,71)(H,61,68)(H,62,69)/t36-,44+,46-,51+/m0/s1. The van der Waals surface area contributed by atoms with Gasteiger partial charge in [0, 0.05) is 83.0 Å². The van der Waals surface area contributed by atoms with E-state index in [1.807, 2.05) is 107 Å². The number of carbonyl (C=O) groups excluding carboxylic acids is 6. The molecule has 3 aromatic carbocycles. The van der Waals surface area contributed by atoms with Gasteiger partial charge in [-0.1, -0.05) is 69.3 Å². The van der Waals surface area contributed by atoms with E-state index in [1.165, 1.54) is 10.6 Å². The third kappa shape index (κ3) is 12.1. The number of aromatic nitrogens is 2. The number of β-amino-alcohol motifs (C(OH)–C–C–N with tert-alkyl or cyclic N) is 1. The lowest BCUT2D eigenvalue weighted by atomic mass is 9.71. The van der Waals surface area contributed by atoms with Gasteiger partial charge in [-0.2, -0.15) is 0 Å². The molecule has 1 saturated carbocycles. The lowest BCUT2D eigenvalue weighted by Crippen LogP contribution is -2.57. The fraction of sp³-hybridized carbons (Fsp3) is 0.456. The Morgan fingerprint density at radius 2 is 1.53 bits per heavy atom. The molecule has 0 bridgehead atoms. The molecule has 2 fully saturated rings. The van der Waals surface area contributed by atoms with E-state index in [1.54, 1.807) is 42.5 Å². The number of rotatable bonds is 18. The molecule has 17 heteroatoms. The molecule has 1 spiro atoms. The fourth-order valence-corrected chi connectivity index (χ4v) is 11.3. The number of aryl methyl sites for hydroxylation is 1. The number of likely N-dealkylation sites (tertiary alicyclic amines) is 1. The predicted molar refractivity (Wildman–Crippen MR) is 286 cm³/mol. The molecule has 5 N–H and O–H groups in total. The lowest BCUT2D eigenvalue weighted by Gasteiger charge is -2.53. The highest BCUT2D eigenvalue weighted by molar-refractivity contribution is 7.13. The quantitative estimate of drug-likeness (QED) is 0.0559. The van der Waals surface area contributed by atoms with E-state index in [4.69, 9.17) is 0 Å². The van der Waals surface area contributed by atoms with E-state index in [-0.39, 0.29) is 66.9 Å². The minimum absolute atomic E-state index is 0.0157. The van der Waals surface area contributed by atoms with Crippen molar-refractivity contribution in [3.8, 4) is 10.4 Å². The largest absolute Gasteiger partial charge is 0.391 e. The number of unbranched alkanes of at least 4 members (excludes halogenated alkanes) is 1. The maximum absolute atomic E-state index is 14.1. The van der Waals surface area contributed by atoms with Gasteiger partial charge in [0.05, 0.1) is 33.8 Å². The second-order valence-corrected chi connectivity index (χ2v) is 22.3. The number of aliphatic hydroxyl groups excluding tert-OH is 1. The van der Waals surface area contributed by atoms with Crippen LogP contribution >= 0.6 is 11.3 Å². The van der Waals surface area contributed by atoms with Gasteiger partial charge in [-0.25, -0.2) is 4.98 Å². The first-order valence-electron chi connectivity index (χ1n) is 25.8. The number of nitrogens with zero attached hydrogens (tertiary/aromatic N) is 5. The molecule has 74 heavy (non-hydrogen) atoms. The van der Waals surface area contributed by atoms with Crippen molar-refractivity contribution in [3.05, 3.63) is 130 Å². The number of aliphatic hydroxyl groups is 1. The molecule has 2 aromatic heterocycles. The summed E-state index contributed by atoms with van der Waals surface area (Å²) in [5.41, 5.74) is 9.03. The van der Waals surface area contributed by atoms with Crippen molar-refractivity contribution in [2.24, 2.45) is 5.41 Å². The summed E-state index contributed by atoms with van der Waals surface area (Å²) in [5, 5.41) is 22.6. The molecule has 1 saturated heterocycles. The molecule has 1 aliphatic carbocycles. The number of hydrogen-bond acceptors (Lipinski definition) is 10. The summed E-state index contributed by atoms with van der Waals surface area (Å²) >= 11 is 1.57. The van der Waals surface area contributed by atoms with Crippen molar-refractivity contribution < 1.29 is 33.9 Å². The van der Waals surface area contributed by atoms with Crippen molar-refractivity contribution in [1.29, 1.82) is 0 Å². The fourth-order valence-electron chi connectivity index (χ4n) is 10.5. The molecular formula is C57H71N9O7S.